The summed E-state index contributed by atoms with van der Waals surface area (Å²) >= 11 is 0. The molecular weight excluding hydrogens is 394 g/mol. The van der Waals surface area contributed by atoms with Crippen LogP contribution in [-0.2, 0) is 24.2 Å². The van der Waals surface area contributed by atoms with E-state index in [1.807, 2.05) is 6.07 Å². The quantitative estimate of drug-likeness (QED) is 0.435. The van der Waals surface area contributed by atoms with E-state index >= 15 is 0 Å². The molecule has 4 heteroatoms. The number of fused-ring (bicyclic) bond motifs is 4. The number of hydrogen-bond acceptors (Lipinski definition) is 2. The first-order chi connectivity index (χ1) is 15.6. The Labute approximate surface area is 189 Å². The van der Waals surface area contributed by atoms with Crippen molar-refractivity contribution >= 4 is 33.4 Å². The molecule has 0 aliphatic heterocycles. The highest BCUT2D eigenvalue weighted by Crippen LogP contribution is 2.31. The number of aryl methyl sites for hydroxylation is 2. The smallest absolute Gasteiger partial charge is 0.225 e. The Kier molecular flexibility index (Phi) is 5.71. The Morgan fingerprint density at radius 3 is 2.59 bits per heavy atom. The van der Waals surface area contributed by atoms with E-state index < -0.39 is 0 Å². The number of nitrogens with zero attached hydrogens (tertiary/aromatic N) is 2. The molecule has 1 aliphatic rings. The Morgan fingerprint density at radius 1 is 1.00 bits per heavy atom. The van der Waals surface area contributed by atoms with Gasteiger partial charge in [0.15, 0.2) is 0 Å². The average Bonchev–Trinajstić information content (AvgIpc) is 3.15. The third kappa shape index (κ3) is 3.91. The SMILES string of the molecule is CCn1c2ccccc2c2cc(NC(=O)CCN(C)C3CCc4ccccc4C3)ccc21. The molecule has 1 heterocycles. The summed E-state index contributed by atoms with van der Waals surface area (Å²) in [5.74, 6) is 0.0756. The van der Waals surface area contributed by atoms with Gasteiger partial charge >= 0.3 is 0 Å². The highest BCUT2D eigenvalue weighted by Gasteiger charge is 2.22. The molecule has 1 N–H and O–H groups in total. The molecule has 1 atom stereocenters. The monoisotopic (exact) mass is 425 g/mol. The summed E-state index contributed by atoms with van der Waals surface area (Å²) in [4.78, 5) is 15.1. The summed E-state index contributed by atoms with van der Waals surface area (Å²) in [6.07, 6.45) is 3.87. The fraction of sp³-hybridized carbons (Fsp3) is 0.321. The van der Waals surface area contributed by atoms with Gasteiger partial charge in [0.2, 0.25) is 5.91 Å². The third-order valence-corrected chi connectivity index (χ3v) is 7.01. The van der Waals surface area contributed by atoms with Crippen molar-refractivity contribution in [2.45, 2.75) is 45.2 Å². The van der Waals surface area contributed by atoms with Crippen LogP contribution in [-0.4, -0.2) is 35.0 Å². The van der Waals surface area contributed by atoms with Gasteiger partial charge in [0.05, 0.1) is 0 Å². The van der Waals surface area contributed by atoms with Crippen molar-refractivity contribution in [1.82, 2.24) is 9.47 Å². The number of likely N-dealkylation sites (N-methyl/N-ethyl adjacent to an activating group) is 1. The van der Waals surface area contributed by atoms with Gasteiger partial charge < -0.3 is 14.8 Å². The Morgan fingerprint density at radius 2 is 1.75 bits per heavy atom. The standard InChI is InChI=1S/C28H31N3O/c1-3-31-26-11-7-6-10-24(26)25-19-22(13-15-27(25)31)29-28(32)16-17-30(2)23-14-12-20-8-4-5-9-21(20)18-23/h4-11,13,15,19,23H,3,12,14,16-18H2,1-2H3,(H,29,32). The molecule has 1 amide bonds. The van der Waals surface area contributed by atoms with Crippen LogP contribution in [0.1, 0.15) is 30.9 Å². The highest BCUT2D eigenvalue weighted by molar-refractivity contribution is 6.09. The normalized spacial score (nSPS) is 15.9. The van der Waals surface area contributed by atoms with Gasteiger partial charge in [-0.3, -0.25) is 4.79 Å². The number of benzene rings is 3. The Hall–Kier alpha value is -3.11. The van der Waals surface area contributed by atoms with E-state index in [1.165, 1.54) is 32.9 Å². The Bertz CT molecular complexity index is 1270. The van der Waals surface area contributed by atoms with Crippen molar-refractivity contribution in [3.63, 3.8) is 0 Å². The molecule has 0 fully saturated rings. The predicted molar refractivity (Wildman–Crippen MR) is 133 cm³/mol. The van der Waals surface area contributed by atoms with E-state index in [2.05, 4.69) is 89.4 Å². The lowest BCUT2D eigenvalue weighted by Crippen LogP contribution is -2.38. The molecule has 0 spiro atoms. The maximum atomic E-state index is 12.7. The molecule has 0 saturated heterocycles. The van der Waals surface area contributed by atoms with Crippen LogP contribution in [0.15, 0.2) is 66.7 Å². The van der Waals surface area contributed by atoms with E-state index in [4.69, 9.17) is 0 Å². The molecule has 0 radical (unpaired) electrons. The molecule has 1 unspecified atom stereocenters. The van der Waals surface area contributed by atoms with Gasteiger partial charge in [-0.1, -0.05) is 42.5 Å². The van der Waals surface area contributed by atoms with Crippen LogP contribution in [0.5, 0.6) is 0 Å². The lowest BCUT2D eigenvalue weighted by Gasteiger charge is -2.32. The van der Waals surface area contributed by atoms with Crippen LogP contribution < -0.4 is 5.32 Å². The van der Waals surface area contributed by atoms with Crippen LogP contribution in [0.25, 0.3) is 21.8 Å². The molecule has 0 bridgehead atoms. The minimum Gasteiger partial charge on any atom is -0.341 e. The number of anilines is 1. The fourth-order valence-electron chi connectivity index (χ4n) is 5.21. The zero-order chi connectivity index (χ0) is 22.1. The first kappa shape index (κ1) is 20.8. The molecule has 164 valence electrons. The molecule has 0 saturated carbocycles. The second-order valence-corrected chi connectivity index (χ2v) is 8.94. The summed E-state index contributed by atoms with van der Waals surface area (Å²) in [7, 11) is 2.15. The molecule has 4 aromatic rings. The topological polar surface area (TPSA) is 37.3 Å². The molecule has 3 aromatic carbocycles. The summed E-state index contributed by atoms with van der Waals surface area (Å²) in [5.41, 5.74) is 6.26. The van der Waals surface area contributed by atoms with Gasteiger partial charge in [-0.2, -0.15) is 0 Å². The van der Waals surface area contributed by atoms with Crippen molar-refractivity contribution in [2.24, 2.45) is 0 Å². The van der Waals surface area contributed by atoms with E-state index in [-0.39, 0.29) is 5.91 Å². The number of rotatable bonds is 6. The van der Waals surface area contributed by atoms with Crippen LogP contribution in [0.4, 0.5) is 5.69 Å². The lowest BCUT2D eigenvalue weighted by atomic mass is 9.87. The van der Waals surface area contributed by atoms with E-state index in [0.29, 0.717) is 12.5 Å². The molecular formula is C28H31N3O. The molecule has 5 rings (SSSR count). The summed E-state index contributed by atoms with van der Waals surface area (Å²) < 4.78 is 2.33. The van der Waals surface area contributed by atoms with Gasteiger partial charge in [-0.15, -0.1) is 0 Å². The van der Waals surface area contributed by atoms with Crippen molar-refractivity contribution in [3.8, 4) is 0 Å². The van der Waals surface area contributed by atoms with Gasteiger partial charge in [0.25, 0.3) is 0 Å². The predicted octanol–water partition coefficient (Wildman–Crippen LogP) is 5.63. The lowest BCUT2D eigenvalue weighted by molar-refractivity contribution is -0.116. The number of para-hydroxylation sites is 1. The zero-order valence-corrected chi connectivity index (χ0v) is 19.0. The minimum absolute atomic E-state index is 0.0756. The van der Waals surface area contributed by atoms with Crippen LogP contribution in [0.3, 0.4) is 0 Å². The van der Waals surface area contributed by atoms with E-state index in [0.717, 1.165) is 38.0 Å². The summed E-state index contributed by atoms with van der Waals surface area (Å²) in [6, 6.07) is 24.0. The number of carbonyl (C=O) groups is 1. The molecule has 32 heavy (non-hydrogen) atoms. The fourth-order valence-corrected chi connectivity index (χ4v) is 5.21. The Balaban J connectivity index is 1.24. The number of amides is 1. The van der Waals surface area contributed by atoms with Crippen LogP contribution in [0.2, 0.25) is 0 Å². The highest BCUT2D eigenvalue weighted by atomic mass is 16.1. The van der Waals surface area contributed by atoms with Crippen molar-refractivity contribution in [3.05, 3.63) is 77.9 Å². The van der Waals surface area contributed by atoms with Crippen molar-refractivity contribution in [2.75, 3.05) is 18.9 Å². The zero-order valence-electron chi connectivity index (χ0n) is 19.0. The molecule has 1 aliphatic carbocycles. The number of carbonyl (C=O) groups excluding carboxylic acids is 1. The first-order valence-corrected chi connectivity index (χ1v) is 11.7. The third-order valence-electron chi connectivity index (χ3n) is 7.01. The van der Waals surface area contributed by atoms with Gasteiger partial charge in [-0.25, -0.2) is 0 Å². The average molecular weight is 426 g/mol. The number of hydrogen-bond donors (Lipinski definition) is 1. The van der Waals surface area contributed by atoms with E-state index in [9.17, 15) is 4.79 Å². The van der Waals surface area contributed by atoms with Gasteiger partial charge in [-0.05, 0) is 68.6 Å². The second kappa shape index (κ2) is 8.79. The maximum absolute atomic E-state index is 12.7. The number of nitrogens with one attached hydrogen (secondary N) is 1. The summed E-state index contributed by atoms with van der Waals surface area (Å²) in [6.45, 7) is 3.87. The molecule has 4 nitrogen and oxygen atoms in total. The van der Waals surface area contributed by atoms with Gasteiger partial charge in [0, 0.05) is 53.0 Å². The van der Waals surface area contributed by atoms with Gasteiger partial charge in [0.1, 0.15) is 0 Å². The summed E-state index contributed by atoms with van der Waals surface area (Å²) in [5, 5.41) is 5.55. The van der Waals surface area contributed by atoms with Crippen molar-refractivity contribution in [1.29, 1.82) is 0 Å². The maximum Gasteiger partial charge on any atom is 0.225 e. The van der Waals surface area contributed by atoms with E-state index in [1.54, 1.807) is 0 Å². The van der Waals surface area contributed by atoms with Crippen molar-refractivity contribution < 1.29 is 4.79 Å². The van der Waals surface area contributed by atoms with Crippen LogP contribution in [0, 0.1) is 0 Å². The molecule has 1 aromatic heterocycles. The number of aromatic nitrogens is 1. The first-order valence-electron chi connectivity index (χ1n) is 11.7. The minimum atomic E-state index is 0.0756. The second-order valence-electron chi connectivity index (χ2n) is 8.94. The van der Waals surface area contributed by atoms with Crippen LogP contribution >= 0.6 is 0 Å². The largest absolute Gasteiger partial charge is 0.341 e.